The van der Waals surface area contributed by atoms with Crippen LogP contribution in [0.4, 0.5) is 8.78 Å². The van der Waals surface area contributed by atoms with Crippen molar-refractivity contribution in [1.29, 1.82) is 0 Å². The van der Waals surface area contributed by atoms with E-state index in [1.54, 1.807) is 24.0 Å². The molecule has 2 saturated carbocycles. The molecule has 3 heterocycles. The van der Waals surface area contributed by atoms with Crippen molar-refractivity contribution in [3.8, 4) is 11.3 Å². The van der Waals surface area contributed by atoms with Crippen LogP contribution in [-0.2, 0) is 16.0 Å². The van der Waals surface area contributed by atoms with Crippen LogP contribution in [-0.4, -0.2) is 44.3 Å². The lowest BCUT2D eigenvalue weighted by molar-refractivity contribution is -0.144. The van der Waals surface area contributed by atoms with E-state index in [1.165, 1.54) is 22.1 Å². The molecule has 9 heteroatoms. The summed E-state index contributed by atoms with van der Waals surface area (Å²) < 4.78 is 37.7. The summed E-state index contributed by atoms with van der Waals surface area (Å²) in [4.78, 5) is 36.5. The van der Waals surface area contributed by atoms with Gasteiger partial charge in [-0.05, 0) is 86.3 Å². The number of rotatable bonds is 6. The molecular weight excluding hydrogens is 526 g/mol. The van der Waals surface area contributed by atoms with Gasteiger partial charge in [0.05, 0.1) is 18.6 Å². The Labute approximate surface area is 236 Å². The zero-order valence-corrected chi connectivity index (χ0v) is 22.9. The summed E-state index contributed by atoms with van der Waals surface area (Å²) in [5, 5.41) is 0. The smallest absolute Gasteiger partial charge is 0.309 e. The first-order valence-corrected chi connectivity index (χ1v) is 14.3. The SMILES string of the molecule is CCOC(=O)C1CC1c1ccc(-c2nc3nc(C(=O)N4CCc5ccccc5[C@H]4C)cc(C4CC4)n3c2F)c(F)c1. The topological polar surface area (TPSA) is 76.8 Å². The highest BCUT2D eigenvalue weighted by atomic mass is 19.1. The van der Waals surface area contributed by atoms with E-state index in [9.17, 15) is 9.59 Å². The number of hydrogen-bond donors (Lipinski definition) is 0. The van der Waals surface area contributed by atoms with Gasteiger partial charge in [-0.2, -0.15) is 4.39 Å². The number of ether oxygens (including phenoxy) is 1. The lowest BCUT2D eigenvalue weighted by Gasteiger charge is -2.35. The monoisotopic (exact) mass is 556 g/mol. The molecular formula is C32H30F2N4O3. The summed E-state index contributed by atoms with van der Waals surface area (Å²) in [7, 11) is 0. The second kappa shape index (κ2) is 9.75. The highest BCUT2D eigenvalue weighted by molar-refractivity contribution is 5.93. The fourth-order valence-electron chi connectivity index (χ4n) is 6.22. The number of benzene rings is 2. The Hall–Kier alpha value is -4.14. The fourth-order valence-corrected chi connectivity index (χ4v) is 6.22. The van der Waals surface area contributed by atoms with Crippen molar-refractivity contribution < 1.29 is 23.1 Å². The van der Waals surface area contributed by atoms with Crippen LogP contribution in [0, 0.1) is 17.7 Å². The summed E-state index contributed by atoms with van der Waals surface area (Å²) in [5.74, 6) is -2.07. The Morgan fingerprint density at radius 3 is 2.63 bits per heavy atom. The summed E-state index contributed by atoms with van der Waals surface area (Å²) in [5.41, 5.74) is 3.74. The van der Waals surface area contributed by atoms with Crippen molar-refractivity contribution in [2.45, 2.75) is 57.4 Å². The van der Waals surface area contributed by atoms with Crippen molar-refractivity contribution in [3.05, 3.63) is 88.4 Å². The first-order valence-electron chi connectivity index (χ1n) is 14.3. The molecule has 0 spiro atoms. The maximum atomic E-state index is 15.9. The second-order valence-corrected chi connectivity index (χ2v) is 11.3. The van der Waals surface area contributed by atoms with Gasteiger partial charge in [0.25, 0.3) is 5.91 Å². The summed E-state index contributed by atoms with van der Waals surface area (Å²) in [6.45, 7) is 4.62. The highest BCUT2D eigenvalue weighted by Gasteiger charge is 2.45. The number of hydrogen-bond acceptors (Lipinski definition) is 5. The second-order valence-electron chi connectivity index (χ2n) is 11.3. The van der Waals surface area contributed by atoms with Crippen LogP contribution in [0.15, 0.2) is 48.5 Å². The third kappa shape index (κ3) is 4.38. The van der Waals surface area contributed by atoms with E-state index in [1.807, 2.05) is 25.1 Å². The van der Waals surface area contributed by atoms with E-state index in [4.69, 9.17) is 4.74 Å². The molecule has 0 bridgehead atoms. The molecule has 210 valence electrons. The van der Waals surface area contributed by atoms with Crippen molar-refractivity contribution >= 4 is 17.7 Å². The molecule has 1 amide bonds. The number of carbonyl (C=O) groups excluding carboxylic acids is 2. The molecule has 0 radical (unpaired) electrons. The van der Waals surface area contributed by atoms with Crippen LogP contribution in [0.1, 0.15) is 83.9 Å². The number of imidazole rings is 1. The van der Waals surface area contributed by atoms with Crippen molar-refractivity contribution in [2.75, 3.05) is 13.2 Å². The zero-order valence-electron chi connectivity index (χ0n) is 22.9. The quantitative estimate of drug-likeness (QED) is 0.273. The minimum absolute atomic E-state index is 0.0148. The number of fused-ring (bicyclic) bond motifs is 2. The molecule has 2 aromatic carbocycles. The van der Waals surface area contributed by atoms with Crippen LogP contribution in [0.25, 0.3) is 17.0 Å². The fraction of sp³-hybridized carbons (Fsp3) is 0.375. The Balaban J connectivity index is 1.23. The van der Waals surface area contributed by atoms with Crippen LogP contribution in [0.3, 0.4) is 0 Å². The molecule has 7 rings (SSSR count). The first-order chi connectivity index (χ1) is 19.9. The van der Waals surface area contributed by atoms with Gasteiger partial charge < -0.3 is 9.64 Å². The maximum absolute atomic E-state index is 15.9. The predicted octanol–water partition coefficient (Wildman–Crippen LogP) is 5.98. The number of amides is 1. The van der Waals surface area contributed by atoms with E-state index in [-0.39, 0.29) is 58.4 Å². The molecule has 7 nitrogen and oxygen atoms in total. The number of esters is 1. The lowest BCUT2D eigenvalue weighted by atomic mass is 9.93. The molecule has 41 heavy (non-hydrogen) atoms. The van der Waals surface area contributed by atoms with E-state index in [0.29, 0.717) is 30.8 Å². The Morgan fingerprint density at radius 2 is 1.88 bits per heavy atom. The molecule has 2 aromatic heterocycles. The van der Waals surface area contributed by atoms with E-state index in [2.05, 4.69) is 16.0 Å². The molecule has 4 aromatic rings. The Morgan fingerprint density at radius 1 is 1.07 bits per heavy atom. The van der Waals surface area contributed by atoms with Gasteiger partial charge in [-0.25, -0.2) is 14.4 Å². The summed E-state index contributed by atoms with van der Waals surface area (Å²) in [6.07, 6.45) is 3.11. The van der Waals surface area contributed by atoms with Gasteiger partial charge in [0.2, 0.25) is 11.7 Å². The van der Waals surface area contributed by atoms with Gasteiger partial charge in [0, 0.05) is 17.8 Å². The summed E-state index contributed by atoms with van der Waals surface area (Å²) in [6, 6.07) is 14.2. The average molecular weight is 557 g/mol. The van der Waals surface area contributed by atoms with Crippen molar-refractivity contribution in [3.63, 3.8) is 0 Å². The van der Waals surface area contributed by atoms with Gasteiger partial charge in [0.15, 0.2) is 0 Å². The molecule has 0 saturated heterocycles. The van der Waals surface area contributed by atoms with Gasteiger partial charge in [0.1, 0.15) is 17.2 Å². The standard InChI is InChI=1S/C32H30F2N4O3/c1-3-41-31(40)24-15-23(24)20-10-11-22(25(33)14-20)28-29(34)38-27(19-8-9-19)16-26(35-32(38)36-28)30(39)37-13-12-18-6-4-5-7-21(18)17(37)2/h4-7,10-11,14,16-17,19,23-24H,3,8-9,12-13,15H2,1-2H3/t17-,23?,24?/m1/s1. The molecule has 3 aliphatic rings. The van der Waals surface area contributed by atoms with Crippen LogP contribution >= 0.6 is 0 Å². The number of halogens is 2. The van der Waals surface area contributed by atoms with Gasteiger partial charge in [-0.3, -0.25) is 14.0 Å². The Bertz CT molecular complexity index is 1710. The molecule has 1 aliphatic heterocycles. The lowest BCUT2D eigenvalue weighted by Crippen LogP contribution is -2.39. The maximum Gasteiger partial charge on any atom is 0.309 e. The third-order valence-corrected chi connectivity index (χ3v) is 8.69. The van der Waals surface area contributed by atoms with Crippen molar-refractivity contribution in [1.82, 2.24) is 19.3 Å². The summed E-state index contributed by atoms with van der Waals surface area (Å²) >= 11 is 0. The molecule has 3 atom stereocenters. The number of aromatic nitrogens is 3. The largest absolute Gasteiger partial charge is 0.466 e. The Kier molecular flexibility index (Phi) is 6.14. The van der Waals surface area contributed by atoms with E-state index >= 15 is 8.78 Å². The van der Waals surface area contributed by atoms with Gasteiger partial charge in [-0.15, -0.1) is 0 Å². The third-order valence-electron chi connectivity index (χ3n) is 8.69. The molecule has 2 fully saturated rings. The van der Waals surface area contributed by atoms with E-state index < -0.39 is 11.8 Å². The number of carbonyl (C=O) groups is 2. The van der Waals surface area contributed by atoms with Crippen LogP contribution in [0.5, 0.6) is 0 Å². The van der Waals surface area contributed by atoms with Crippen LogP contribution < -0.4 is 0 Å². The van der Waals surface area contributed by atoms with Gasteiger partial charge in [-0.1, -0.05) is 30.3 Å². The van der Waals surface area contributed by atoms with Crippen LogP contribution in [0.2, 0.25) is 0 Å². The molecule has 2 unspecified atom stereocenters. The first kappa shape index (κ1) is 25.8. The molecule has 0 N–H and O–H groups in total. The molecule has 2 aliphatic carbocycles. The average Bonchev–Trinajstić information content (AvgIpc) is 3.90. The minimum Gasteiger partial charge on any atom is -0.466 e. The van der Waals surface area contributed by atoms with Gasteiger partial charge >= 0.3 is 5.97 Å². The normalized spacial score (nSPS) is 21.6. The minimum atomic E-state index is -0.698. The predicted molar refractivity (Wildman–Crippen MR) is 147 cm³/mol. The van der Waals surface area contributed by atoms with E-state index in [0.717, 1.165) is 24.8 Å². The highest BCUT2D eigenvalue weighted by Crippen LogP contribution is 2.49. The van der Waals surface area contributed by atoms with Crippen molar-refractivity contribution in [2.24, 2.45) is 5.92 Å². The zero-order chi connectivity index (χ0) is 28.4. The number of nitrogens with zero attached hydrogens (tertiary/aromatic N) is 4.